The molecule has 0 N–H and O–H groups in total. The van der Waals surface area contributed by atoms with Crippen LogP contribution < -0.4 is 0 Å². The lowest BCUT2D eigenvalue weighted by Gasteiger charge is -2.09. The predicted octanol–water partition coefficient (Wildman–Crippen LogP) is 3.60. The summed E-state index contributed by atoms with van der Waals surface area (Å²) in [5, 5.41) is 0. The molecule has 0 amide bonds. The smallest absolute Gasteiger partial charge is 0.294 e. The third-order valence-electron chi connectivity index (χ3n) is 2.43. The Morgan fingerprint density at radius 1 is 1.20 bits per heavy atom. The maximum Gasteiger partial charge on any atom is 0.416 e. The Labute approximate surface area is 92.4 Å². The molecular formula is C10H6BrF3O. The fraction of sp³-hybridized carbons (Fsp3) is 0.300. The molecule has 0 fully saturated rings. The minimum atomic E-state index is -4.40. The first-order chi connectivity index (χ1) is 6.89. The lowest BCUT2D eigenvalue weighted by atomic mass is 10.1. The van der Waals surface area contributed by atoms with Crippen LogP contribution in [0.25, 0.3) is 0 Å². The molecule has 1 aromatic rings. The van der Waals surface area contributed by atoms with Crippen molar-refractivity contribution >= 4 is 21.7 Å². The number of carbonyl (C=O) groups is 1. The molecule has 2 rings (SSSR count). The molecule has 0 saturated heterocycles. The van der Waals surface area contributed by atoms with Gasteiger partial charge in [0.05, 0.1) is 5.56 Å². The molecule has 1 nitrogen and oxygen atoms in total. The van der Waals surface area contributed by atoms with Gasteiger partial charge in [0.15, 0.2) is 5.78 Å². The second kappa shape index (κ2) is 3.33. The van der Waals surface area contributed by atoms with E-state index in [0.29, 0.717) is 22.9 Å². The van der Waals surface area contributed by atoms with Crippen molar-refractivity contribution in [3.8, 4) is 0 Å². The van der Waals surface area contributed by atoms with Gasteiger partial charge in [0, 0.05) is 16.5 Å². The second-order valence-corrected chi connectivity index (χ2v) is 4.26. The van der Waals surface area contributed by atoms with Crippen LogP contribution in [-0.4, -0.2) is 5.78 Å². The van der Waals surface area contributed by atoms with Gasteiger partial charge in [-0.3, -0.25) is 4.79 Å². The fourth-order valence-corrected chi connectivity index (χ4v) is 2.33. The number of carbonyl (C=O) groups excluding carboxylic acids is 1. The number of ketones is 1. The lowest BCUT2D eigenvalue weighted by molar-refractivity contribution is -0.137. The average molecular weight is 279 g/mol. The van der Waals surface area contributed by atoms with Crippen LogP contribution in [0.5, 0.6) is 0 Å². The molecule has 5 heteroatoms. The van der Waals surface area contributed by atoms with Gasteiger partial charge in [0.2, 0.25) is 0 Å². The SMILES string of the molecule is O=C1CCc2c(Br)cc(C(F)(F)F)cc21. The molecule has 0 aromatic heterocycles. The van der Waals surface area contributed by atoms with E-state index in [0.717, 1.165) is 12.1 Å². The van der Waals surface area contributed by atoms with Gasteiger partial charge in [-0.05, 0) is 24.1 Å². The van der Waals surface area contributed by atoms with Crippen LogP contribution in [0.4, 0.5) is 13.2 Å². The molecule has 0 heterocycles. The molecule has 0 saturated carbocycles. The van der Waals surface area contributed by atoms with E-state index < -0.39 is 11.7 Å². The summed E-state index contributed by atoms with van der Waals surface area (Å²) in [5.41, 5.74) is 0.119. The minimum absolute atomic E-state index is 0.205. The molecule has 0 unspecified atom stereocenters. The Morgan fingerprint density at radius 2 is 1.87 bits per heavy atom. The van der Waals surface area contributed by atoms with E-state index >= 15 is 0 Å². The van der Waals surface area contributed by atoms with Crippen molar-refractivity contribution in [2.75, 3.05) is 0 Å². The largest absolute Gasteiger partial charge is 0.416 e. The van der Waals surface area contributed by atoms with Crippen molar-refractivity contribution < 1.29 is 18.0 Å². The first-order valence-corrected chi connectivity index (χ1v) is 5.11. The van der Waals surface area contributed by atoms with Crippen LogP contribution in [0.3, 0.4) is 0 Å². The molecule has 1 aliphatic carbocycles. The molecular weight excluding hydrogens is 273 g/mol. The average Bonchev–Trinajstić information content (AvgIpc) is 2.47. The van der Waals surface area contributed by atoms with Gasteiger partial charge < -0.3 is 0 Å². The molecule has 0 radical (unpaired) electrons. The Kier molecular flexibility index (Phi) is 2.37. The van der Waals surface area contributed by atoms with E-state index in [2.05, 4.69) is 15.9 Å². The molecule has 0 spiro atoms. The van der Waals surface area contributed by atoms with Crippen molar-refractivity contribution in [2.24, 2.45) is 0 Å². The van der Waals surface area contributed by atoms with E-state index in [1.807, 2.05) is 0 Å². The van der Waals surface area contributed by atoms with E-state index in [1.54, 1.807) is 0 Å². The summed E-state index contributed by atoms with van der Waals surface area (Å²) in [7, 11) is 0. The molecule has 1 aliphatic rings. The summed E-state index contributed by atoms with van der Waals surface area (Å²) in [4.78, 5) is 11.3. The molecule has 15 heavy (non-hydrogen) atoms. The van der Waals surface area contributed by atoms with Crippen molar-refractivity contribution in [1.82, 2.24) is 0 Å². The number of rotatable bonds is 0. The summed E-state index contributed by atoms with van der Waals surface area (Å²) < 4.78 is 37.7. The zero-order chi connectivity index (χ0) is 11.2. The van der Waals surface area contributed by atoms with Gasteiger partial charge in [-0.15, -0.1) is 0 Å². The van der Waals surface area contributed by atoms with Gasteiger partial charge in [0.1, 0.15) is 0 Å². The number of hydrogen-bond donors (Lipinski definition) is 0. The monoisotopic (exact) mass is 278 g/mol. The van der Waals surface area contributed by atoms with Gasteiger partial charge in [-0.1, -0.05) is 15.9 Å². The highest BCUT2D eigenvalue weighted by Crippen LogP contribution is 2.37. The van der Waals surface area contributed by atoms with Crippen molar-refractivity contribution in [2.45, 2.75) is 19.0 Å². The molecule has 0 aliphatic heterocycles. The highest BCUT2D eigenvalue weighted by atomic mass is 79.9. The van der Waals surface area contributed by atoms with E-state index in [4.69, 9.17) is 0 Å². The van der Waals surface area contributed by atoms with Crippen molar-refractivity contribution in [3.05, 3.63) is 33.3 Å². The zero-order valence-corrected chi connectivity index (χ0v) is 9.08. The van der Waals surface area contributed by atoms with Crippen molar-refractivity contribution in [3.63, 3.8) is 0 Å². The van der Waals surface area contributed by atoms with Gasteiger partial charge in [-0.2, -0.15) is 13.2 Å². The first-order valence-electron chi connectivity index (χ1n) is 4.32. The first kappa shape index (κ1) is 10.7. The van der Waals surface area contributed by atoms with Gasteiger partial charge in [0.25, 0.3) is 0 Å². The molecule has 0 atom stereocenters. The minimum Gasteiger partial charge on any atom is -0.294 e. The third kappa shape index (κ3) is 1.80. The van der Waals surface area contributed by atoms with Crippen molar-refractivity contribution in [1.29, 1.82) is 0 Å². The van der Waals surface area contributed by atoms with Crippen LogP contribution in [0, 0.1) is 0 Å². The molecule has 0 bridgehead atoms. The standard InChI is InChI=1S/C10H6BrF3O/c11-8-4-5(10(12,13)14)3-7-6(8)1-2-9(7)15/h3-4H,1-2H2. The highest BCUT2D eigenvalue weighted by Gasteiger charge is 2.34. The topological polar surface area (TPSA) is 17.1 Å². The Hall–Kier alpha value is -0.840. The summed E-state index contributed by atoms with van der Waals surface area (Å²) in [5.74, 6) is -0.211. The summed E-state index contributed by atoms with van der Waals surface area (Å²) in [6, 6.07) is 1.97. The zero-order valence-electron chi connectivity index (χ0n) is 7.49. The Balaban J connectivity index is 2.61. The van der Waals surface area contributed by atoms with Gasteiger partial charge >= 0.3 is 6.18 Å². The maximum atomic E-state index is 12.4. The summed E-state index contributed by atoms with van der Waals surface area (Å²) in [6.45, 7) is 0. The van der Waals surface area contributed by atoms with Crippen LogP contribution in [0.15, 0.2) is 16.6 Å². The highest BCUT2D eigenvalue weighted by molar-refractivity contribution is 9.10. The van der Waals surface area contributed by atoms with E-state index in [1.165, 1.54) is 0 Å². The fourth-order valence-electron chi connectivity index (χ4n) is 1.68. The van der Waals surface area contributed by atoms with Crippen LogP contribution in [-0.2, 0) is 12.6 Å². The molecule has 1 aromatic carbocycles. The number of alkyl halides is 3. The number of Topliss-reactive ketones (excluding diaryl/α,β-unsaturated/α-hetero) is 1. The second-order valence-electron chi connectivity index (χ2n) is 3.41. The number of hydrogen-bond acceptors (Lipinski definition) is 1. The number of fused-ring (bicyclic) bond motifs is 1. The molecule has 80 valence electrons. The van der Waals surface area contributed by atoms with E-state index in [9.17, 15) is 18.0 Å². The summed E-state index contributed by atoms with van der Waals surface area (Å²) >= 11 is 3.07. The number of halogens is 4. The normalized spacial score (nSPS) is 15.6. The lowest BCUT2D eigenvalue weighted by Crippen LogP contribution is -2.07. The third-order valence-corrected chi connectivity index (χ3v) is 3.13. The van der Waals surface area contributed by atoms with E-state index in [-0.39, 0.29) is 11.3 Å². The Bertz CT molecular complexity index is 437. The predicted molar refractivity (Wildman–Crippen MR) is 51.8 cm³/mol. The Morgan fingerprint density at radius 3 is 2.47 bits per heavy atom. The van der Waals surface area contributed by atoms with Gasteiger partial charge in [-0.25, -0.2) is 0 Å². The van der Waals surface area contributed by atoms with Crippen LogP contribution in [0.2, 0.25) is 0 Å². The maximum absolute atomic E-state index is 12.4. The van der Waals surface area contributed by atoms with Crippen LogP contribution >= 0.6 is 15.9 Å². The van der Waals surface area contributed by atoms with Crippen LogP contribution in [0.1, 0.15) is 27.9 Å². The quantitative estimate of drug-likeness (QED) is 0.709. The number of benzene rings is 1. The summed E-state index contributed by atoms with van der Waals surface area (Å²) in [6.07, 6.45) is -3.58.